The summed E-state index contributed by atoms with van der Waals surface area (Å²) in [7, 11) is 0. The van der Waals surface area contributed by atoms with Crippen molar-refractivity contribution in [1.29, 1.82) is 0 Å². The molecule has 5 nitrogen and oxygen atoms in total. The average molecular weight is 309 g/mol. The van der Waals surface area contributed by atoms with Crippen molar-refractivity contribution in [3.8, 4) is 0 Å². The van der Waals surface area contributed by atoms with Crippen LogP contribution in [0.15, 0.2) is 54.6 Å². The van der Waals surface area contributed by atoms with Gasteiger partial charge < -0.3 is 4.74 Å². The van der Waals surface area contributed by atoms with E-state index in [1.165, 1.54) is 6.92 Å². The van der Waals surface area contributed by atoms with Crippen molar-refractivity contribution in [1.82, 2.24) is 4.90 Å². The minimum Gasteiger partial charge on any atom is -0.441 e. The van der Waals surface area contributed by atoms with Crippen LogP contribution in [0.25, 0.3) is 0 Å². The van der Waals surface area contributed by atoms with Crippen LogP contribution in [0.2, 0.25) is 0 Å². The number of benzene rings is 2. The molecule has 1 aliphatic heterocycles. The number of esters is 1. The van der Waals surface area contributed by atoms with Gasteiger partial charge in [0.1, 0.15) is 0 Å². The number of hydrogen-bond acceptors (Lipinski definition) is 4. The number of carbonyl (C=O) groups is 3. The predicted molar refractivity (Wildman–Crippen MR) is 82.6 cm³/mol. The van der Waals surface area contributed by atoms with Crippen LogP contribution in [-0.2, 0) is 16.0 Å². The Balaban J connectivity index is 1.93. The van der Waals surface area contributed by atoms with Crippen LogP contribution in [0.4, 0.5) is 0 Å². The summed E-state index contributed by atoms with van der Waals surface area (Å²) in [5.41, 5.74) is 1.54. The van der Waals surface area contributed by atoms with E-state index in [2.05, 4.69) is 0 Å². The van der Waals surface area contributed by atoms with E-state index >= 15 is 0 Å². The Morgan fingerprint density at radius 1 is 0.957 bits per heavy atom. The molecule has 0 N–H and O–H groups in total. The number of nitrogens with zero attached hydrogens (tertiary/aromatic N) is 1. The number of amides is 2. The SMILES string of the molecule is CC(=O)OC(Cc1ccccc1)N1C(=O)c2ccccc2C1=O. The Morgan fingerprint density at radius 3 is 2.00 bits per heavy atom. The van der Waals surface area contributed by atoms with Crippen molar-refractivity contribution < 1.29 is 19.1 Å². The molecular weight excluding hydrogens is 294 g/mol. The Morgan fingerprint density at radius 2 is 1.48 bits per heavy atom. The van der Waals surface area contributed by atoms with Crippen molar-refractivity contribution in [2.24, 2.45) is 0 Å². The smallest absolute Gasteiger partial charge is 0.304 e. The molecule has 116 valence electrons. The molecule has 0 bridgehead atoms. The fraction of sp³-hybridized carbons (Fsp3) is 0.167. The second-order valence-electron chi connectivity index (χ2n) is 5.28. The van der Waals surface area contributed by atoms with Gasteiger partial charge in [0.15, 0.2) is 6.23 Å². The fourth-order valence-corrected chi connectivity index (χ4v) is 2.66. The molecule has 0 saturated carbocycles. The largest absolute Gasteiger partial charge is 0.441 e. The summed E-state index contributed by atoms with van der Waals surface area (Å²) in [6.07, 6.45) is -0.700. The first-order valence-corrected chi connectivity index (χ1v) is 7.26. The summed E-state index contributed by atoms with van der Waals surface area (Å²) in [6.45, 7) is 1.26. The molecule has 1 unspecified atom stereocenters. The van der Waals surface area contributed by atoms with Gasteiger partial charge in [-0.1, -0.05) is 42.5 Å². The Bertz CT molecular complexity index is 735. The fourth-order valence-electron chi connectivity index (χ4n) is 2.66. The van der Waals surface area contributed by atoms with E-state index in [9.17, 15) is 14.4 Å². The van der Waals surface area contributed by atoms with Crippen molar-refractivity contribution >= 4 is 17.8 Å². The van der Waals surface area contributed by atoms with Gasteiger partial charge in [-0.15, -0.1) is 0 Å². The first-order valence-electron chi connectivity index (χ1n) is 7.26. The molecular formula is C18H15NO4. The third-order valence-electron chi connectivity index (χ3n) is 3.67. The summed E-state index contributed by atoms with van der Waals surface area (Å²) >= 11 is 0. The van der Waals surface area contributed by atoms with Crippen molar-refractivity contribution in [2.45, 2.75) is 19.6 Å². The zero-order chi connectivity index (χ0) is 16.4. The maximum absolute atomic E-state index is 12.5. The lowest BCUT2D eigenvalue weighted by atomic mass is 10.1. The van der Waals surface area contributed by atoms with E-state index in [1.54, 1.807) is 24.3 Å². The molecule has 0 fully saturated rings. The first kappa shape index (κ1) is 15.0. The number of ether oxygens (including phenoxy) is 1. The molecule has 0 saturated heterocycles. The molecule has 1 atom stereocenters. The third kappa shape index (κ3) is 2.85. The number of hydrogen-bond donors (Lipinski definition) is 0. The Labute approximate surface area is 133 Å². The van der Waals surface area contributed by atoms with Crippen molar-refractivity contribution in [3.63, 3.8) is 0 Å². The molecule has 3 rings (SSSR count). The molecule has 1 aliphatic rings. The maximum Gasteiger partial charge on any atom is 0.304 e. The molecule has 2 amide bonds. The van der Waals surface area contributed by atoms with E-state index < -0.39 is 24.0 Å². The standard InChI is InChI=1S/C18H15NO4/c1-12(20)23-16(11-13-7-3-2-4-8-13)19-17(21)14-9-5-6-10-15(14)18(19)22/h2-10,16H,11H2,1H3. The maximum atomic E-state index is 12.5. The zero-order valence-corrected chi connectivity index (χ0v) is 12.6. The molecule has 0 spiro atoms. The molecule has 5 heteroatoms. The number of carbonyl (C=O) groups excluding carboxylic acids is 3. The Kier molecular flexibility index (Phi) is 3.93. The van der Waals surface area contributed by atoms with E-state index in [1.807, 2.05) is 30.3 Å². The highest BCUT2D eigenvalue weighted by Gasteiger charge is 2.41. The lowest BCUT2D eigenvalue weighted by molar-refractivity contribution is -0.151. The van der Waals surface area contributed by atoms with E-state index in [0.29, 0.717) is 11.1 Å². The van der Waals surface area contributed by atoms with Gasteiger partial charge in [0.05, 0.1) is 11.1 Å². The first-order chi connectivity index (χ1) is 11.1. The third-order valence-corrected chi connectivity index (χ3v) is 3.67. The molecule has 0 aromatic heterocycles. The number of rotatable bonds is 4. The van der Waals surface area contributed by atoms with E-state index in [0.717, 1.165) is 10.5 Å². The van der Waals surface area contributed by atoms with Gasteiger partial charge in [-0.3, -0.25) is 14.4 Å². The van der Waals surface area contributed by atoms with Crippen LogP contribution in [0.3, 0.4) is 0 Å². The van der Waals surface area contributed by atoms with Crippen LogP contribution in [0.1, 0.15) is 33.2 Å². The molecule has 2 aromatic carbocycles. The summed E-state index contributed by atoms with van der Waals surface area (Å²) in [5, 5.41) is 0. The highest BCUT2D eigenvalue weighted by molar-refractivity contribution is 6.21. The molecule has 1 heterocycles. The van der Waals surface area contributed by atoms with E-state index in [4.69, 9.17) is 4.74 Å². The summed E-state index contributed by atoms with van der Waals surface area (Å²) in [5.74, 6) is -1.41. The number of fused-ring (bicyclic) bond motifs is 1. The van der Waals surface area contributed by atoms with Gasteiger partial charge >= 0.3 is 5.97 Å². The van der Waals surface area contributed by atoms with Crippen LogP contribution >= 0.6 is 0 Å². The van der Waals surface area contributed by atoms with Crippen LogP contribution in [0.5, 0.6) is 0 Å². The second kappa shape index (κ2) is 6.04. The quantitative estimate of drug-likeness (QED) is 0.643. The van der Waals surface area contributed by atoms with Gasteiger partial charge in [-0.2, -0.15) is 0 Å². The topological polar surface area (TPSA) is 63.7 Å². The highest BCUT2D eigenvalue weighted by atomic mass is 16.6. The van der Waals surface area contributed by atoms with Crippen molar-refractivity contribution in [2.75, 3.05) is 0 Å². The predicted octanol–water partition coefficient (Wildman–Crippen LogP) is 2.41. The minimum absolute atomic E-state index is 0.256. The lowest BCUT2D eigenvalue weighted by Crippen LogP contribution is -2.43. The summed E-state index contributed by atoms with van der Waals surface area (Å²) in [6, 6.07) is 15.9. The monoisotopic (exact) mass is 309 g/mol. The lowest BCUT2D eigenvalue weighted by Gasteiger charge is -2.25. The average Bonchev–Trinajstić information content (AvgIpc) is 2.79. The van der Waals surface area contributed by atoms with Gasteiger partial charge in [0, 0.05) is 13.3 Å². The number of imide groups is 1. The van der Waals surface area contributed by atoms with Gasteiger partial charge in [-0.25, -0.2) is 4.90 Å². The Hall–Kier alpha value is -2.95. The van der Waals surface area contributed by atoms with Crippen LogP contribution in [-0.4, -0.2) is 28.9 Å². The summed E-state index contributed by atoms with van der Waals surface area (Å²) in [4.78, 5) is 37.5. The summed E-state index contributed by atoms with van der Waals surface area (Å²) < 4.78 is 5.26. The van der Waals surface area contributed by atoms with E-state index in [-0.39, 0.29) is 6.42 Å². The minimum atomic E-state index is -0.956. The zero-order valence-electron chi connectivity index (χ0n) is 12.6. The molecule has 23 heavy (non-hydrogen) atoms. The van der Waals surface area contributed by atoms with Crippen LogP contribution in [0, 0.1) is 0 Å². The van der Waals surface area contributed by atoms with Gasteiger partial charge in [0.2, 0.25) is 0 Å². The van der Waals surface area contributed by atoms with Crippen molar-refractivity contribution in [3.05, 3.63) is 71.3 Å². The second-order valence-corrected chi connectivity index (χ2v) is 5.28. The molecule has 0 aliphatic carbocycles. The van der Waals surface area contributed by atoms with Gasteiger partial charge in [0.25, 0.3) is 11.8 Å². The van der Waals surface area contributed by atoms with Gasteiger partial charge in [-0.05, 0) is 17.7 Å². The molecule has 0 radical (unpaired) electrons. The normalized spacial score (nSPS) is 14.6. The van der Waals surface area contributed by atoms with Crippen LogP contribution < -0.4 is 0 Å². The molecule has 2 aromatic rings. The highest BCUT2D eigenvalue weighted by Crippen LogP contribution is 2.26.